The highest BCUT2D eigenvalue weighted by Crippen LogP contribution is 2.30. The fraction of sp³-hybridized carbons (Fsp3) is 0.308. The molecule has 0 unspecified atom stereocenters. The summed E-state index contributed by atoms with van der Waals surface area (Å²) in [6.45, 7) is 8.27. The highest BCUT2D eigenvalue weighted by atomic mass is 32.2. The third-order valence-electron chi connectivity index (χ3n) is 6.58. The van der Waals surface area contributed by atoms with E-state index >= 15 is 0 Å². The van der Waals surface area contributed by atoms with Crippen LogP contribution in [0, 0.1) is 6.92 Å². The number of anilines is 1. The van der Waals surface area contributed by atoms with Gasteiger partial charge in [0.15, 0.2) is 15.5 Å². The Hall–Kier alpha value is -3.23. The maximum Gasteiger partial charge on any atom is 0.175 e. The van der Waals surface area contributed by atoms with E-state index < -0.39 is 9.84 Å². The van der Waals surface area contributed by atoms with Crippen LogP contribution in [-0.4, -0.2) is 54.4 Å². The molecule has 34 heavy (non-hydrogen) atoms. The van der Waals surface area contributed by atoms with E-state index in [4.69, 9.17) is 0 Å². The van der Waals surface area contributed by atoms with E-state index in [2.05, 4.69) is 58.4 Å². The lowest BCUT2D eigenvalue weighted by atomic mass is 10.0. The Labute approximate surface area is 200 Å². The highest BCUT2D eigenvalue weighted by molar-refractivity contribution is 7.90. The molecule has 2 aromatic heterocycles. The van der Waals surface area contributed by atoms with Crippen LogP contribution in [0.15, 0.2) is 66.0 Å². The minimum absolute atomic E-state index is 0.328. The quantitative estimate of drug-likeness (QED) is 0.481. The molecule has 0 bridgehead atoms. The van der Waals surface area contributed by atoms with Crippen LogP contribution in [0.3, 0.4) is 0 Å². The van der Waals surface area contributed by atoms with Crippen molar-refractivity contribution in [1.82, 2.24) is 19.9 Å². The number of nitrogens with zero attached hydrogens (tertiary/aromatic N) is 4. The van der Waals surface area contributed by atoms with E-state index in [1.165, 1.54) is 11.9 Å². The smallest absolute Gasteiger partial charge is 0.175 e. The number of hydrogen-bond acceptors (Lipinski definition) is 6. The van der Waals surface area contributed by atoms with Crippen molar-refractivity contribution in [2.75, 3.05) is 24.2 Å². The zero-order valence-electron chi connectivity index (χ0n) is 19.9. The standard InChI is InChI=1S/C26H29N5O2S/c1-17-5-6-21(11-25(17)34(4,32)33)24-15-29-30-16-22(14-28-26(24)30)20-7-9-23(10-8-20)31-18(2)12-27-13-19(31)3/h5-11,14-16,18-19,27H,12-13H2,1-4H3/t18-,19+. The lowest BCUT2D eigenvalue weighted by molar-refractivity contribution is 0.432. The maximum atomic E-state index is 12.2. The summed E-state index contributed by atoms with van der Waals surface area (Å²) in [4.78, 5) is 7.47. The maximum absolute atomic E-state index is 12.2. The van der Waals surface area contributed by atoms with Gasteiger partial charge in [0.05, 0.1) is 11.1 Å². The zero-order chi connectivity index (χ0) is 24.0. The predicted octanol–water partition coefficient (Wildman–Crippen LogP) is 3.96. The van der Waals surface area contributed by atoms with Crippen molar-refractivity contribution in [2.24, 2.45) is 0 Å². The average Bonchev–Trinajstić information content (AvgIpc) is 3.22. The molecule has 1 fully saturated rings. The summed E-state index contributed by atoms with van der Waals surface area (Å²) in [6, 6.07) is 14.9. The molecule has 5 rings (SSSR count). The van der Waals surface area contributed by atoms with Crippen LogP contribution in [0.25, 0.3) is 27.9 Å². The lowest BCUT2D eigenvalue weighted by Gasteiger charge is -2.41. The van der Waals surface area contributed by atoms with Crippen LogP contribution in [-0.2, 0) is 9.84 Å². The second-order valence-corrected chi connectivity index (χ2v) is 11.2. The van der Waals surface area contributed by atoms with Crippen LogP contribution in [0.1, 0.15) is 19.4 Å². The van der Waals surface area contributed by atoms with E-state index in [1.807, 2.05) is 24.5 Å². The van der Waals surface area contributed by atoms with Crippen molar-refractivity contribution in [2.45, 2.75) is 37.8 Å². The van der Waals surface area contributed by atoms with Crippen molar-refractivity contribution in [3.63, 3.8) is 0 Å². The Morgan fingerprint density at radius 3 is 2.29 bits per heavy atom. The molecule has 0 aliphatic carbocycles. The molecular formula is C26H29N5O2S. The van der Waals surface area contributed by atoms with Gasteiger partial charge in [-0.2, -0.15) is 5.10 Å². The van der Waals surface area contributed by atoms with Crippen molar-refractivity contribution in [3.05, 3.63) is 66.6 Å². The van der Waals surface area contributed by atoms with Gasteiger partial charge in [0.2, 0.25) is 0 Å². The van der Waals surface area contributed by atoms with E-state index in [1.54, 1.807) is 23.7 Å². The Kier molecular flexibility index (Phi) is 5.65. The molecule has 1 N–H and O–H groups in total. The molecule has 0 saturated carbocycles. The first-order chi connectivity index (χ1) is 16.2. The first kappa shape index (κ1) is 22.6. The number of nitrogens with one attached hydrogen (secondary N) is 1. The molecule has 3 heterocycles. The number of piperazine rings is 1. The van der Waals surface area contributed by atoms with Gasteiger partial charge in [0.1, 0.15) is 0 Å². The summed E-state index contributed by atoms with van der Waals surface area (Å²) in [6.07, 6.45) is 6.77. The third-order valence-corrected chi connectivity index (χ3v) is 7.82. The Morgan fingerprint density at radius 1 is 0.941 bits per heavy atom. The normalized spacial score (nSPS) is 19.0. The van der Waals surface area contributed by atoms with Gasteiger partial charge < -0.3 is 10.2 Å². The van der Waals surface area contributed by atoms with Crippen LogP contribution in [0.2, 0.25) is 0 Å². The molecule has 2 aromatic carbocycles. The molecule has 1 aliphatic heterocycles. The molecule has 1 aliphatic rings. The van der Waals surface area contributed by atoms with Gasteiger partial charge in [-0.05, 0) is 55.7 Å². The van der Waals surface area contributed by atoms with Crippen LogP contribution >= 0.6 is 0 Å². The molecule has 8 heteroatoms. The van der Waals surface area contributed by atoms with Gasteiger partial charge in [0, 0.05) is 60.6 Å². The first-order valence-corrected chi connectivity index (χ1v) is 13.4. The molecule has 0 amide bonds. The molecule has 176 valence electrons. The molecule has 0 radical (unpaired) electrons. The van der Waals surface area contributed by atoms with Crippen molar-refractivity contribution in [3.8, 4) is 22.3 Å². The monoisotopic (exact) mass is 475 g/mol. The molecular weight excluding hydrogens is 446 g/mol. The van der Waals surface area contributed by atoms with Gasteiger partial charge in [-0.3, -0.25) is 0 Å². The third kappa shape index (κ3) is 4.08. The lowest BCUT2D eigenvalue weighted by Crippen LogP contribution is -2.55. The number of benzene rings is 2. The molecule has 1 saturated heterocycles. The minimum Gasteiger partial charge on any atom is -0.364 e. The average molecular weight is 476 g/mol. The summed E-state index contributed by atoms with van der Waals surface area (Å²) < 4.78 is 26.1. The Bertz CT molecular complexity index is 1450. The van der Waals surface area contributed by atoms with Crippen molar-refractivity contribution >= 4 is 21.2 Å². The van der Waals surface area contributed by atoms with Crippen LogP contribution in [0.4, 0.5) is 5.69 Å². The van der Waals surface area contributed by atoms with E-state index in [9.17, 15) is 8.42 Å². The number of aromatic nitrogens is 3. The molecule has 2 atom stereocenters. The number of sulfone groups is 1. The predicted molar refractivity (Wildman–Crippen MR) is 136 cm³/mol. The second-order valence-electron chi connectivity index (χ2n) is 9.23. The fourth-order valence-electron chi connectivity index (χ4n) is 4.86. The number of aryl methyl sites for hydroxylation is 1. The van der Waals surface area contributed by atoms with Gasteiger partial charge in [-0.1, -0.05) is 24.3 Å². The van der Waals surface area contributed by atoms with E-state index in [0.717, 1.165) is 40.9 Å². The van der Waals surface area contributed by atoms with Gasteiger partial charge in [-0.25, -0.2) is 17.9 Å². The van der Waals surface area contributed by atoms with E-state index in [0.29, 0.717) is 22.6 Å². The Balaban J connectivity index is 1.47. The summed E-state index contributed by atoms with van der Waals surface area (Å²) in [5.74, 6) is 0. The van der Waals surface area contributed by atoms with Crippen LogP contribution in [0.5, 0.6) is 0 Å². The minimum atomic E-state index is -3.32. The zero-order valence-corrected chi connectivity index (χ0v) is 20.7. The number of fused-ring (bicyclic) bond motifs is 1. The van der Waals surface area contributed by atoms with Gasteiger partial charge in [-0.15, -0.1) is 0 Å². The summed E-state index contributed by atoms with van der Waals surface area (Å²) in [5.41, 5.74) is 6.26. The van der Waals surface area contributed by atoms with Crippen molar-refractivity contribution in [1.29, 1.82) is 0 Å². The highest BCUT2D eigenvalue weighted by Gasteiger charge is 2.24. The number of rotatable bonds is 4. The topological polar surface area (TPSA) is 79.6 Å². The summed E-state index contributed by atoms with van der Waals surface area (Å²) in [7, 11) is -3.32. The molecule has 7 nitrogen and oxygen atoms in total. The van der Waals surface area contributed by atoms with Crippen molar-refractivity contribution < 1.29 is 8.42 Å². The van der Waals surface area contributed by atoms with Gasteiger partial charge >= 0.3 is 0 Å². The fourth-order valence-corrected chi connectivity index (χ4v) is 5.86. The van der Waals surface area contributed by atoms with Crippen LogP contribution < -0.4 is 10.2 Å². The summed E-state index contributed by atoms with van der Waals surface area (Å²) >= 11 is 0. The Morgan fingerprint density at radius 2 is 1.62 bits per heavy atom. The van der Waals surface area contributed by atoms with Gasteiger partial charge in [0.25, 0.3) is 0 Å². The van der Waals surface area contributed by atoms with E-state index in [-0.39, 0.29) is 0 Å². The largest absolute Gasteiger partial charge is 0.364 e. The number of hydrogen-bond donors (Lipinski definition) is 1. The first-order valence-electron chi connectivity index (χ1n) is 11.5. The molecule has 0 spiro atoms. The SMILES string of the molecule is Cc1ccc(-c2cnn3cc(-c4ccc(N5[C@H](C)CNC[C@@H]5C)cc4)cnc23)cc1S(C)(=O)=O. The summed E-state index contributed by atoms with van der Waals surface area (Å²) in [5, 5.41) is 7.97. The second kappa shape index (κ2) is 8.52. The molecule has 4 aromatic rings.